The standard InChI is InChI=1S/C17H17NO4/c1-22-13-6-7-14-12(9-13)5-4-11-3-2-8-18(10-15(19)20)17(21)16(11)14/h4-7,9H,2-3,8,10H2,1H3,(H,19,20). The summed E-state index contributed by atoms with van der Waals surface area (Å²) in [5, 5.41) is 10.8. The first-order valence-electron chi connectivity index (χ1n) is 7.21. The topological polar surface area (TPSA) is 66.8 Å². The molecule has 1 aliphatic heterocycles. The normalized spacial score (nSPS) is 14.6. The molecule has 0 aromatic heterocycles. The van der Waals surface area contributed by atoms with E-state index >= 15 is 0 Å². The van der Waals surface area contributed by atoms with Crippen LogP contribution in [0.25, 0.3) is 10.8 Å². The van der Waals surface area contributed by atoms with Gasteiger partial charge in [-0.2, -0.15) is 0 Å². The Morgan fingerprint density at radius 1 is 1.32 bits per heavy atom. The maximum Gasteiger partial charge on any atom is 0.323 e. The minimum Gasteiger partial charge on any atom is -0.497 e. The van der Waals surface area contributed by atoms with E-state index in [4.69, 9.17) is 9.84 Å². The van der Waals surface area contributed by atoms with Crippen molar-refractivity contribution in [1.82, 2.24) is 4.90 Å². The number of hydrogen-bond acceptors (Lipinski definition) is 3. The Bertz CT molecular complexity index is 754. The summed E-state index contributed by atoms with van der Waals surface area (Å²) < 4.78 is 5.22. The van der Waals surface area contributed by atoms with E-state index in [1.807, 2.05) is 30.3 Å². The van der Waals surface area contributed by atoms with Crippen molar-refractivity contribution in [3.8, 4) is 5.75 Å². The monoisotopic (exact) mass is 299 g/mol. The number of amides is 1. The van der Waals surface area contributed by atoms with Crippen molar-refractivity contribution in [1.29, 1.82) is 0 Å². The molecule has 0 saturated carbocycles. The van der Waals surface area contributed by atoms with Crippen molar-refractivity contribution >= 4 is 22.6 Å². The molecule has 1 aliphatic rings. The van der Waals surface area contributed by atoms with E-state index in [0.717, 1.165) is 34.9 Å². The van der Waals surface area contributed by atoms with Crippen LogP contribution in [-0.4, -0.2) is 42.1 Å². The van der Waals surface area contributed by atoms with E-state index in [-0.39, 0.29) is 12.5 Å². The summed E-state index contributed by atoms with van der Waals surface area (Å²) in [7, 11) is 1.60. The zero-order valence-electron chi connectivity index (χ0n) is 12.3. The van der Waals surface area contributed by atoms with E-state index in [1.165, 1.54) is 4.90 Å². The van der Waals surface area contributed by atoms with Gasteiger partial charge in [0.25, 0.3) is 5.91 Å². The lowest BCUT2D eigenvalue weighted by Crippen LogP contribution is -2.35. The molecule has 0 spiro atoms. The Morgan fingerprint density at radius 3 is 2.86 bits per heavy atom. The summed E-state index contributed by atoms with van der Waals surface area (Å²) in [5.41, 5.74) is 1.61. The van der Waals surface area contributed by atoms with Crippen LogP contribution in [0, 0.1) is 0 Å². The maximum atomic E-state index is 12.8. The van der Waals surface area contributed by atoms with E-state index < -0.39 is 5.97 Å². The molecule has 0 saturated heterocycles. The van der Waals surface area contributed by atoms with Crippen molar-refractivity contribution in [3.05, 3.63) is 41.5 Å². The number of aliphatic carboxylic acids is 1. The lowest BCUT2D eigenvalue weighted by atomic mass is 9.96. The predicted molar refractivity (Wildman–Crippen MR) is 82.4 cm³/mol. The average Bonchev–Trinajstić information content (AvgIpc) is 2.66. The fourth-order valence-corrected chi connectivity index (χ4v) is 2.98. The highest BCUT2D eigenvalue weighted by atomic mass is 16.5. The number of carbonyl (C=O) groups excluding carboxylic acids is 1. The maximum absolute atomic E-state index is 12.8. The number of aryl methyl sites for hydroxylation is 1. The van der Waals surface area contributed by atoms with E-state index in [9.17, 15) is 9.59 Å². The van der Waals surface area contributed by atoms with Gasteiger partial charge in [0.05, 0.1) is 12.7 Å². The third kappa shape index (κ3) is 2.50. The number of nitrogens with zero attached hydrogens (tertiary/aromatic N) is 1. The molecule has 0 bridgehead atoms. The second-order valence-electron chi connectivity index (χ2n) is 5.41. The van der Waals surface area contributed by atoms with Gasteiger partial charge in [0.15, 0.2) is 0 Å². The van der Waals surface area contributed by atoms with Gasteiger partial charge in [0.2, 0.25) is 0 Å². The number of methoxy groups -OCH3 is 1. The SMILES string of the molecule is COc1ccc2c3c(ccc2c1)CCCN(CC(=O)O)C3=O. The summed E-state index contributed by atoms with van der Waals surface area (Å²) in [4.78, 5) is 25.2. The van der Waals surface area contributed by atoms with E-state index in [2.05, 4.69) is 0 Å². The Hall–Kier alpha value is -2.56. The highest BCUT2D eigenvalue weighted by Gasteiger charge is 2.25. The Kier molecular flexibility index (Phi) is 3.71. The van der Waals surface area contributed by atoms with Crippen molar-refractivity contribution in [2.45, 2.75) is 12.8 Å². The average molecular weight is 299 g/mol. The molecular formula is C17H17NO4. The van der Waals surface area contributed by atoms with Gasteiger partial charge in [-0.05, 0) is 47.4 Å². The largest absolute Gasteiger partial charge is 0.497 e. The van der Waals surface area contributed by atoms with Gasteiger partial charge >= 0.3 is 5.97 Å². The number of carboxylic acids is 1. The van der Waals surface area contributed by atoms with Gasteiger partial charge < -0.3 is 14.7 Å². The first-order valence-corrected chi connectivity index (χ1v) is 7.21. The Labute approximate surface area is 128 Å². The van der Waals surface area contributed by atoms with Gasteiger partial charge in [0, 0.05) is 6.54 Å². The summed E-state index contributed by atoms with van der Waals surface area (Å²) in [6.45, 7) is 0.211. The van der Waals surface area contributed by atoms with Crippen molar-refractivity contribution < 1.29 is 19.4 Å². The molecule has 2 aromatic rings. The van der Waals surface area contributed by atoms with Crippen LogP contribution in [0.2, 0.25) is 0 Å². The smallest absolute Gasteiger partial charge is 0.323 e. The van der Waals surface area contributed by atoms with Crippen LogP contribution in [-0.2, 0) is 11.2 Å². The molecule has 0 radical (unpaired) electrons. The number of carboxylic acid groups (broad SMARTS) is 1. The lowest BCUT2D eigenvalue weighted by molar-refractivity contribution is -0.137. The highest BCUT2D eigenvalue weighted by molar-refractivity contribution is 6.09. The number of ether oxygens (including phenoxy) is 1. The molecule has 0 aliphatic carbocycles. The first kappa shape index (κ1) is 14.4. The molecule has 3 rings (SSSR count). The highest BCUT2D eigenvalue weighted by Crippen LogP contribution is 2.29. The molecule has 22 heavy (non-hydrogen) atoms. The molecule has 0 atom stereocenters. The molecule has 1 amide bonds. The molecule has 5 heteroatoms. The van der Waals surface area contributed by atoms with Crippen molar-refractivity contribution in [2.75, 3.05) is 20.2 Å². The van der Waals surface area contributed by atoms with E-state index in [1.54, 1.807) is 7.11 Å². The van der Waals surface area contributed by atoms with Crippen LogP contribution in [0.1, 0.15) is 22.3 Å². The third-order valence-corrected chi connectivity index (χ3v) is 4.01. The van der Waals surface area contributed by atoms with Crippen LogP contribution in [0.3, 0.4) is 0 Å². The fraction of sp³-hybridized carbons (Fsp3) is 0.294. The minimum atomic E-state index is -0.987. The van der Waals surface area contributed by atoms with Crippen molar-refractivity contribution in [2.24, 2.45) is 0 Å². The van der Waals surface area contributed by atoms with Gasteiger partial charge in [-0.15, -0.1) is 0 Å². The van der Waals surface area contributed by atoms with Gasteiger partial charge in [-0.3, -0.25) is 9.59 Å². The van der Waals surface area contributed by atoms with Gasteiger partial charge in [0.1, 0.15) is 12.3 Å². The second-order valence-corrected chi connectivity index (χ2v) is 5.41. The van der Waals surface area contributed by atoms with Crippen molar-refractivity contribution in [3.63, 3.8) is 0 Å². The summed E-state index contributed by atoms with van der Waals surface area (Å²) in [6, 6.07) is 9.52. The fourth-order valence-electron chi connectivity index (χ4n) is 2.98. The number of carbonyl (C=O) groups is 2. The molecule has 5 nitrogen and oxygen atoms in total. The lowest BCUT2D eigenvalue weighted by Gasteiger charge is -2.19. The molecular weight excluding hydrogens is 282 g/mol. The minimum absolute atomic E-state index is 0.203. The van der Waals surface area contributed by atoms with Crippen LogP contribution < -0.4 is 4.74 Å². The van der Waals surface area contributed by atoms with Crippen LogP contribution in [0.4, 0.5) is 0 Å². The quantitative estimate of drug-likeness (QED) is 0.944. The summed E-state index contributed by atoms with van der Waals surface area (Å²) in [6.07, 6.45) is 1.55. The zero-order valence-corrected chi connectivity index (χ0v) is 12.3. The van der Waals surface area contributed by atoms with Gasteiger partial charge in [-0.1, -0.05) is 12.1 Å². The third-order valence-electron chi connectivity index (χ3n) is 4.01. The van der Waals surface area contributed by atoms with Crippen LogP contribution >= 0.6 is 0 Å². The Balaban J connectivity index is 2.14. The number of benzene rings is 2. The molecule has 0 fully saturated rings. The first-order chi connectivity index (χ1) is 10.6. The zero-order chi connectivity index (χ0) is 15.7. The van der Waals surface area contributed by atoms with Crippen LogP contribution in [0.15, 0.2) is 30.3 Å². The van der Waals surface area contributed by atoms with Crippen LogP contribution in [0.5, 0.6) is 5.75 Å². The number of fused-ring (bicyclic) bond motifs is 3. The summed E-state index contributed by atoms with van der Waals surface area (Å²) in [5.74, 6) is -0.458. The molecule has 0 unspecified atom stereocenters. The number of hydrogen-bond donors (Lipinski definition) is 1. The predicted octanol–water partition coefficient (Wildman–Crippen LogP) is 2.32. The van der Waals surface area contributed by atoms with E-state index in [0.29, 0.717) is 12.1 Å². The van der Waals surface area contributed by atoms with Gasteiger partial charge in [-0.25, -0.2) is 0 Å². The molecule has 1 N–H and O–H groups in total. The second kappa shape index (κ2) is 5.67. The molecule has 1 heterocycles. The number of rotatable bonds is 3. The Morgan fingerprint density at radius 2 is 2.14 bits per heavy atom. The summed E-state index contributed by atoms with van der Waals surface area (Å²) >= 11 is 0. The molecule has 114 valence electrons. The molecule has 2 aromatic carbocycles.